The monoisotopic (exact) mass is 180 g/mol. The predicted octanol–water partition coefficient (Wildman–Crippen LogP) is 3.69. The van der Waals surface area contributed by atoms with E-state index in [9.17, 15) is 0 Å². The van der Waals surface area contributed by atoms with E-state index in [1.807, 2.05) is 60.8 Å². The number of hydrogen-bond acceptors (Lipinski definition) is 0. The molecule has 0 aliphatic carbocycles. The Balaban J connectivity index is -0.0000000257. The first-order chi connectivity index (χ1) is 4.24. The Morgan fingerprint density at radius 1 is 0.500 bits per heavy atom. The average molecular weight is 180 g/mol. The number of hydrogen-bond donors (Lipinski definition) is 0. The molecule has 65 valence electrons. The minimum absolute atomic E-state index is 0. The molecule has 0 saturated heterocycles. The molecule has 0 aromatic rings. The summed E-state index contributed by atoms with van der Waals surface area (Å²) in [6.45, 7) is 12.0. The zero-order chi connectivity index (χ0) is 8.12. The fourth-order valence-electron chi connectivity index (χ4n) is 0. The minimum atomic E-state index is 0. The van der Waals surface area contributed by atoms with E-state index in [4.69, 9.17) is 0 Å². The average Bonchev–Trinajstić information content (AvgIpc) is 1.70. The van der Waals surface area contributed by atoms with Crippen LogP contribution < -0.4 is 0 Å². The molecule has 0 bridgehead atoms. The van der Waals surface area contributed by atoms with E-state index < -0.39 is 0 Å². The van der Waals surface area contributed by atoms with E-state index in [1.165, 1.54) is 0 Å². The van der Waals surface area contributed by atoms with Gasteiger partial charge in [0.15, 0.2) is 0 Å². The Hall–Kier alpha value is 0.584. The zero-order valence-electron chi connectivity index (χ0n) is 8.18. The van der Waals surface area contributed by atoms with Crippen LogP contribution in [0.4, 0.5) is 0 Å². The van der Waals surface area contributed by atoms with E-state index in [-0.39, 0.29) is 18.6 Å². The summed E-state index contributed by atoms with van der Waals surface area (Å²) in [7, 11) is 0. The third-order valence-corrected chi connectivity index (χ3v) is 0. The third kappa shape index (κ3) is 1450. The Morgan fingerprint density at radius 2 is 0.500 bits per heavy atom. The van der Waals surface area contributed by atoms with Crippen molar-refractivity contribution in [3.05, 3.63) is 19.3 Å². The van der Waals surface area contributed by atoms with Gasteiger partial charge in [0.1, 0.15) is 0 Å². The molecule has 1 radical (unpaired) electrons. The second-order valence-electron chi connectivity index (χ2n) is 1.73. The van der Waals surface area contributed by atoms with Gasteiger partial charge in [-0.2, -0.15) is 41.5 Å². The summed E-state index contributed by atoms with van der Waals surface area (Å²) >= 11 is 0. The first kappa shape index (κ1) is 22.4. The van der Waals surface area contributed by atoms with Crippen LogP contribution in [-0.2, 0) is 18.6 Å². The fraction of sp³-hybridized carbons (Fsp3) is 0.667. The smallest absolute Gasteiger partial charge is 0 e. The molecule has 0 heterocycles. The molecule has 0 amide bonds. The zero-order valence-corrected chi connectivity index (χ0v) is 9.58. The molecule has 0 saturated carbocycles. The van der Waals surface area contributed by atoms with Gasteiger partial charge >= 0.3 is 0 Å². The van der Waals surface area contributed by atoms with E-state index in [0.29, 0.717) is 0 Å². The van der Waals surface area contributed by atoms with Crippen LogP contribution in [-0.4, -0.2) is 0 Å². The Labute approximate surface area is 79.7 Å². The van der Waals surface area contributed by atoms with Gasteiger partial charge in [0, 0.05) is 18.6 Å². The fourth-order valence-corrected chi connectivity index (χ4v) is 0. The van der Waals surface area contributed by atoms with Gasteiger partial charge in [-0.3, -0.25) is 0 Å². The molecule has 0 atom stereocenters. The number of rotatable bonds is 0. The first-order valence-electron chi connectivity index (χ1n) is 3.46. The van der Waals surface area contributed by atoms with E-state index in [0.717, 1.165) is 0 Å². The van der Waals surface area contributed by atoms with Crippen LogP contribution in [0.25, 0.3) is 0 Å². The van der Waals surface area contributed by atoms with E-state index >= 15 is 0 Å². The summed E-state index contributed by atoms with van der Waals surface area (Å²) in [6.07, 6.45) is 6.00. The molecule has 0 rings (SSSR count). The van der Waals surface area contributed by atoms with Crippen molar-refractivity contribution in [1.82, 2.24) is 0 Å². The van der Waals surface area contributed by atoms with Crippen LogP contribution in [0.2, 0.25) is 0 Å². The van der Waals surface area contributed by atoms with Crippen LogP contribution in [0.5, 0.6) is 0 Å². The van der Waals surface area contributed by atoms with Crippen LogP contribution in [0.3, 0.4) is 0 Å². The van der Waals surface area contributed by atoms with Crippen molar-refractivity contribution in [2.75, 3.05) is 0 Å². The molecule has 0 nitrogen and oxygen atoms in total. The van der Waals surface area contributed by atoms with Crippen molar-refractivity contribution < 1.29 is 18.6 Å². The van der Waals surface area contributed by atoms with Gasteiger partial charge in [-0.05, 0) is 0 Å². The molecule has 0 N–H and O–H groups in total. The second kappa shape index (κ2) is 55.0. The summed E-state index contributed by atoms with van der Waals surface area (Å²) in [5, 5.41) is 0. The maximum Gasteiger partial charge on any atom is 0 e. The summed E-state index contributed by atoms with van der Waals surface area (Å²) < 4.78 is 0. The molecule has 0 fully saturated rings. The minimum Gasteiger partial charge on any atom is -0.335 e. The second-order valence-corrected chi connectivity index (χ2v) is 1.73. The normalized spacial score (nSPS) is 5.40. The standard InChI is InChI=1S/3C3H7.V/c3*1-3-2;/h3*3H,1-2H3;/q3*-1;. The molecule has 0 aromatic heterocycles. The Bertz CT molecular complexity index is 9.44. The predicted molar refractivity (Wildman–Crippen MR) is 46.9 cm³/mol. The molecule has 1 heteroatoms. The van der Waals surface area contributed by atoms with Gasteiger partial charge in [0.25, 0.3) is 0 Å². The van der Waals surface area contributed by atoms with Gasteiger partial charge < -0.3 is 19.3 Å². The van der Waals surface area contributed by atoms with Crippen LogP contribution in [0.15, 0.2) is 0 Å². The van der Waals surface area contributed by atoms with Gasteiger partial charge in [0.05, 0.1) is 0 Å². The maximum atomic E-state index is 2.00. The van der Waals surface area contributed by atoms with Gasteiger partial charge in [-0.15, -0.1) is 0 Å². The first-order valence-corrected chi connectivity index (χ1v) is 3.46. The molecule has 0 unspecified atom stereocenters. The van der Waals surface area contributed by atoms with Crippen molar-refractivity contribution >= 4 is 0 Å². The SMILES string of the molecule is C[CH-]C.C[CH-]C.C[CH-]C.[V]. The summed E-state index contributed by atoms with van der Waals surface area (Å²) in [5.41, 5.74) is 0. The Kier molecular flexibility index (Phi) is 123. The summed E-state index contributed by atoms with van der Waals surface area (Å²) in [6, 6.07) is 0. The third-order valence-electron chi connectivity index (χ3n) is 0. The van der Waals surface area contributed by atoms with Gasteiger partial charge in [-0.25, -0.2) is 0 Å². The topological polar surface area (TPSA) is 0 Å². The molecule has 0 spiro atoms. The molecular weight excluding hydrogens is 159 g/mol. The van der Waals surface area contributed by atoms with Crippen molar-refractivity contribution in [3.63, 3.8) is 0 Å². The molecule has 0 aliphatic rings. The van der Waals surface area contributed by atoms with Crippen molar-refractivity contribution in [3.8, 4) is 0 Å². The van der Waals surface area contributed by atoms with Crippen molar-refractivity contribution in [2.45, 2.75) is 41.5 Å². The van der Waals surface area contributed by atoms with E-state index in [1.54, 1.807) is 0 Å². The van der Waals surface area contributed by atoms with Crippen LogP contribution in [0, 0.1) is 19.3 Å². The maximum absolute atomic E-state index is 2.00. The quantitative estimate of drug-likeness (QED) is 0.499. The van der Waals surface area contributed by atoms with Crippen molar-refractivity contribution in [1.29, 1.82) is 0 Å². The van der Waals surface area contributed by atoms with Crippen LogP contribution in [0.1, 0.15) is 41.5 Å². The Morgan fingerprint density at radius 3 is 0.500 bits per heavy atom. The summed E-state index contributed by atoms with van der Waals surface area (Å²) in [5.74, 6) is 0. The van der Waals surface area contributed by atoms with Gasteiger partial charge in [-0.1, -0.05) is 0 Å². The molecule has 0 aromatic carbocycles. The molecular formula is C9H21V-3. The largest absolute Gasteiger partial charge is 0.335 e. The van der Waals surface area contributed by atoms with Gasteiger partial charge in [0.2, 0.25) is 0 Å². The summed E-state index contributed by atoms with van der Waals surface area (Å²) in [4.78, 5) is 0. The molecule has 10 heavy (non-hydrogen) atoms. The molecule has 0 aliphatic heterocycles. The van der Waals surface area contributed by atoms with Crippen LogP contribution >= 0.6 is 0 Å². The van der Waals surface area contributed by atoms with E-state index in [2.05, 4.69) is 0 Å². The van der Waals surface area contributed by atoms with Crippen molar-refractivity contribution in [2.24, 2.45) is 0 Å².